The number of piperidine rings is 2. The van der Waals surface area contributed by atoms with Crippen molar-refractivity contribution >= 4 is 28.5 Å². The van der Waals surface area contributed by atoms with Gasteiger partial charge >= 0.3 is 6.36 Å². The number of benzene rings is 3. The van der Waals surface area contributed by atoms with Crippen LogP contribution in [0.4, 0.5) is 13.2 Å². The van der Waals surface area contributed by atoms with Gasteiger partial charge in [-0.3, -0.25) is 14.6 Å². The van der Waals surface area contributed by atoms with Gasteiger partial charge in [0.05, 0.1) is 4.05 Å². The molecule has 1 unspecified atom stereocenters. The van der Waals surface area contributed by atoms with Crippen LogP contribution in [0.15, 0.2) is 78.9 Å². The van der Waals surface area contributed by atoms with Gasteiger partial charge in [-0.15, -0.1) is 13.2 Å². The summed E-state index contributed by atoms with van der Waals surface area (Å²) in [5.74, 6) is 0.476. The zero-order chi connectivity index (χ0) is 29.5. The van der Waals surface area contributed by atoms with E-state index in [0.29, 0.717) is 16.2 Å². The molecule has 0 aromatic heterocycles. The number of hydrogen-bond acceptors (Lipinski definition) is 5. The Balaban J connectivity index is 1.02. The van der Waals surface area contributed by atoms with E-state index in [-0.39, 0.29) is 23.8 Å². The van der Waals surface area contributed by atoms with Crippen molar-refractivity contribution in [1.29, 1.82) is 0 Å². The number of rotatable bonds is 9. The molecule has 1 N–H and O–H groups in total. The smallest absolute Gasteiger partial charge is 0.490 e. The molecule has 0 aliphatic carbocycles. The Bertz CT molecular complexity index is 1280. The number of carbonyl (C=O) groups is 1. The normalized spacial score (nSPS) is 18.4. The molecule has 10 heteroatoms. The second-order valence-electron chi connectivity index (χ2n) is 10.8. The van der Waals surface area contributed by atoms with E-state index in [1.165, 1.54) is 17.7 Å². The van der Waals surface area contributed by atoms with E-state index in [4.69, 9.17) is 4.74 Å². The van der Waals surface area contributed by atoms with Gasteiger partial charge in [-0.2, -0.15) is 0 Å². The summed E-state index contributed by atoms with van der Waals surface area (Å²) in [6, 6.07) is 24.0. The van der Waals surface area contributed by atoms with Crippen LogP contribution >= 0.6 is 22.6 Å². The minimum Gasteiger partial charge on any atom is -0.490 e. The van der Waals surface area contributed by atoms with Gasteiger partial charge in [-0.05, 0) is 73.2 Å². The molecule has 0 bridgehead atoms. The number of amides is 1. The number of hydrogen-bond donors (Lipinski definition) is 1. The van der Waals surface area contributed by atoms with E-state index in [9.17, 15) is 18.0 Å². The molecule has 0 spiro atoms. The molecule has 3 aromatic rings. The van der Waals surface area contributed by atoms with E-state index in [1.54, 1.807) is 12.1 Å². The Hall–Kier alpha value is -2.83. The number of nitrogens with zero attached hydrogens (tertiary/aromatic N) is 2. The predicted octanol–water partition coefficient (Wildman–Crippen LogP) is 6.96. The van der Waals surface area contributed by atoms with Gasteiger partial charge in [-0.1, -0.05) is 65.1 Å². The van der Waals surface area contributed by atoms with Crippen LogP contribution in [0.5, 0.6) is 11.5 Å². The van der Waals surface area contributed by atoms with Crippen LogP contribution in [0.2, 0.25) is 0 Å². The lowest BCUT2D eigenvalue weighted by Crippen LogP contribution is -2.44. The number of halogens is 4. The van der Waals surface area contributed by atoms with E-state index in [0.717, 1.165) is 63.2 Å². The second-order valence-corrected chi connectivity index (χ2v) is 12.0. The van der Waals surface area contributed by atoms with Gasteiger partial charge in [0.2, 0.25) is 0 Å². The molecule has 0 saturated carbocycles. The van der Waals surface area contributed by atoms with Crippen molar-refractivity contribution in [1.82, 2.24) is 15.1 Å². The maximum Gasteiger partial charge on any atom is 0.573 e. The lowest BCUT2D eigenvalue weighted by molar-refractivity contribution is -0.274. The summed E-state index contributed by atoms with van der Waals surface area (Å²) >= 11 is 2.49. The van der Waals surface area contributed by atoms with E-state index >= 15 is 0 Å². The first-order valence-electron chi connectivity index (χ1n) is 14.3. The number of carbonyl (C=O) groups excluding carboxylic acids is 1. The molecule has 0 radical (unpaired) electrons. The highest BCUT2D eigenvalue weighted by molar-refractivity contribution is 14.1. The van der Waals surface area contributed by atoms with Crippen LogP contribution in [0.1, 0.15) is 51.2 Å². The fraction of sp³-hybridized carbons (Fsp3) is 0.406. The van der Waals surface area contributed by atoms with E-state index in [1.807, 2.05) is 30.3 Å². The summed E-state index contributed by atoms with van der Waals surface area (Å²) in [7, 11) is 0. The molecular formula is C32H35F3IN3O3. The quantitative estimate of drug-likeness (QED) is 0.149. The van der Waals surface area contributed by atoms with Gasteiger partial charge in [0.25, 0.3) is 5.91 Å². The van der Waals surface area contributed by atoms with Crippen molar-refractivity contribution in [3.63, 3.8) is 0 Å². The van der Waals surface area contributed by atoms with Crippen molar-refractivity contribution in [2.45, 2.75) is 54.8 Å². The molecule has 2 aliphatic heterocycles. The molecule has 6 nitrogen and oxygen atoms in total. The Labute approximate surface area is 258 Å². The molecule has 1 amide bonds. The number of likely N-dealkylation sites (tertiary alicyclic amines) is 2. The van der Waals surface area contributed by atoms with Crippen molar-refractivity contribution < 1.29 is 27.4 Å². The van der Waals surface area contributed by atoms with Crippen LogP contribution < -0.4 is 14.8 Å². The van der Waals surface area contributed by atoms with Gasteiger partial charge in [0.15, 0.2) is 0 Å². The summed E-state index contributed by atoms with van der Waals surface area (Å²) in [5.41, 5.74) is 2.87. The van der Waals surface area contributed by atoms with Crippen LogP contribution in [0.3, 0.4) is 0 Å². The number of alkyl halides is 4. The third-order valence-electron chi connectivity index (χ3n) is 7.78. The molecule has 3 aromatic carbocycles. The van der Waals surface area contributed by atoms with Crippen LogP contribution in [0.25, 0.3) is 0 Å². The third-order valence-corrected chi connectivity index (χ3v) is 9.28. The highest BCUT2D eigenvalue weighted by Crippen LogP contribution is 2.30. The average molecular weight is 694 g/mol. The summed E-state index contributed by atoms with van der Waals surface area (Å²) < 4.78 is 47.5. The lowest BCUT2D eigenvalue weighted by atomic mass is 10.0. The molecule has 2 saturated heterocycles. The minimum atomic E-state index is -4.68. The Morgan fingerprint density at radius 1 is 0.857 bits per heavy atom. The second kappa shape index (κ2) is 14.1. The van der Waals surface area contributed by atoms with Crippen molar-refractivity contribution in [2.24, 2.45) is 0 Å². The van der Waals surface area contributed by atoms with Crippen LogP contribution in [-0.2, 0) is 6.54 Å². The summed E-state index contributed by atoms with van der Waals surface area (Å²) in [4.78, 5) is 17.6. The highest BCUT2D eigenvalue weighted by atomic mass is 127. The molecule has 5 rings (SSSR count). The van der Waals surface area contributed by atoms with Crippen molar-refractivity contribution in [2.75, 3.05) is 26.2 Å². The number of nitrogens with one attached hydrogen (secondary N) is 1. The van der Waals surface area contributed by atoms with Crippen molar-refractivity contribution in [3.05, 3.63) is 95.6 Å². The first-order chi connectivity index (χ1) is 20.2. The Kier molecular flexibility index (Phi) is 10.3. The minimum absolute atomic E-state index is 0.0552. The fourth-order valence-corrected chi connectivity index (χ4v) is 6.45. The van der Waals surface area contributed by atoms with Crippen molar-refractivity contribution in [3.8, 4) is 11.5 Å². The van der Waals surface area contributed by atoms with Gasteiger partial charge < -0.3 is 14.8 Å². The maximum atomic E-state index is 12.9. The third kappa shape index (κ3) is 8.84. The summed E-state index contributed by atoms with van der Waals surface area (Å²) in [6.45, 7) is 4.21. The SMILES string of the molecule is O=C(NC1CCN(C(I)c2ccccc2)CC1)c1ccc(OC2CCN(Cc3ccc(OC(F)(F)F)cc3)CC2)cc1. The Morgan fingerprint density at radius 2 is 1.48 bits per heavy atom. The van der Waals surface area contributed by atoms with Crippen LogP contribution in [-0.4, -0.2) is 60.4 Å². The number of ether oxygens (including phenoxy) is 2. The lowest BCUT2D eigenvalue weighted by Gasteiger charge is -2.35. The average Bonchev–Trinajstić information content (AvgIpc) is 2.99. The van der Waals surface area contributed by atoms with E-state index in [2.05, 4.69) is 66.7 Å². The Morgan fingerprint density at radius 3 is 2.10 bits per heavy atom. The van der Waals surface area contributed by atoms with Crippen LogP contribution in [0, 0.1) is 0 Å². The molecule has 2 heterocycles. The highest BCUT2D eigenvalue weighted by Gasteiger charge is 2.31. The molecular weight excluding hydrogens is 658 g/mol. The van der Waals surface area contributed by atoms with Gasteiger partial charge in [0, 0.05) is 44.3 Å². The zero-order valence-electron chi connectivity index (χ0n) is 23.2. The largest absolute Gasteiger partial charge is 0.573 e. The monoisotopic (exact) mass is 693 g/mol. The first kappa shape index (κ1) is 30.6. The standard InChI is InChI=1S/C32H35F3IN3O3/c33-32(34,35)42-29-10-6-23(7-11-29)22-38-18-16-28(17-19-38)41-27-12-8-25(9-13-27)31(40)37-26-14-20-39(21-15-26)30(36)24-4-2-1-3-5-24/h1-13,26,28,30H,14-22H2,(H,37,40). The topological polar surface area (TPSA) is 54.0 Å². The molecule has 1 atom stereocenters. The zero-order valence-corrected chi connectivity index (χ0v) is 25.4. The van der Waals surface area contributed by atoms with Gasteiger partial charge in [0.1, 0.15) is 17.6 Å². The van der Waals surface area contributed by atoms with E-state index < -0.39 is 6.36 Å². The first-order valence-corrected chi connectivity index (χ1v) is 15.5. The maximum absolute atomic E-state index is 12.9. The fourth-order valence-electron chi connectivity index (χ4n) is 5.48. The molecule has 42 heavy (non-hydrogen) atoms. The van der Waals surface area contributed by atoms with Gasteiger partial charge in [-0.25, -0.2) is 0 Å². The molecule has 2 aliphatic rings. The summed E-state index contributed by atoms with van der Waals surface area (Å²) in [5, 5.41) is 3.20. The summed E-state index contributed by atoms with van der Waals surface area (Å²) in [6.07, 6.45) is -1.07. The molecule has 2 fully saturated rings. The molecule has 224 valence electrons. The predicted molar refractivity (Wildman–Crippen MR) is 164 cm³/mol.